The van der Waals surface area contributed by atoms with Crippen LogP contribution in [0.4, 0.5) is 11.6 Å². The van der Waals surface area contributed by atoms with Gasteiger partial charge in [-0.3, -0.25) is 0 Å². The average Bonchev–Trinajstić information content (AvgIpc) is 2.40. The third-order valence-corrected chi connectivity index (χ3v) is 3.08. The molecule has 2 heterocycles. The van der Waals surface area contributed by atoms with Gasteiger partial charge >= 0.3 is 0 Å². The Bertz CT molecular complexity index is 367. The Morgan fingerprint density at radius 3 is 2.94 bits per heavy atom. The van der Waals surface area contributed by atoms with Gasteiger partial charge in [0.2, 0.25) is 0 Å². The lowest BCUT2D eigenvalue weighted by atomic mass is 10.1. The molecule has 2 rings (SSSR count). The number of aromatic nitrogens is 2. The number of hydrogen-bond acceptors (Lipinski definition) is 6. The van der Waals surface area contributed by atoms with E-state index in [9.17, 15) is 0 Å². The maximum atomic E-state index is 5.54. The van der Waals surface area contributed by atoms with Crippen molar-refractivity contribution in [2.75, 3.05) is 43.6 Å². The van der Waals surface area contributed by atoms with Gasteiger partial charge in [-0.15, -0.1) is 0 Å². The van der Waals surface area contributed by atoms with Crippen molar-refractivity contribution in [1.82, 2.24) is 9.97 Å². The van der Waals surface area contributed by atoms with Gasteiger partial charge in [-0.1, -0.05) is 0 Å². The fourth-order valence-electron chi connectivity index (χ4n) is 1.99. The van der Waals surface area contributed by atoms with Crippen molar-refractivity contribution in [3.05, 3.63) is 12.4 Å². The molecule has 0 unspecified atom stereocenters. The van der Waals surface area contributed by atoms with Crippen LogP contribution in [-0.2, 0) is 4.74 Å². The highest BCUT2D eigenvalue weighted by Crippen LogP contribution is 2.16. The maximum Gasteiger partial charge on any atom is 0.133 e. The van der Waals surface area contributed by atoms with Crippen LogP contribution < -0.4 is 16.0 Å². The van der Waals surface area contributed by atoms with Crippen molar-refractivity contribution in [2.24, 2.45) is 5.73 Å². The van der Waals surface area contributed by atoms with Crippen LogP contribution in [0, 0.1) is 0 Å². The highest BCUT2D eigenvalue weighted by molar-refractivity contribution is 5.48. The lowest BCUT2D eigenvalue weighted by molar-refractivity contribution is 0.0904. The molecule has 100 valence electrons. The molecule has 1 aromatic rings. The summed E-state index contributed by atoms with van der Waals surface area (Å²) in [7, 11) is 1.98. The smallest absolute Gasteiger partial charge is 0.133 e. The van der Waals surface area contributed by atoms with Gasteiger partial charge in [0.25, 0.3) is 0 Å². The first kappa shape index (κ1) is 13.0. The van der Waals surface area contributed by atoms with Gasteiger partial charge in [0, 0.05) is 45.5 Å². The van der Waals surface area contributed by atoms with E-state index < -0.39 is 0 Å². The van der Waals surface area contributed by atoms with E-state index in [-0.39, 0.29) is 0 Å². The lowest BCUT2D eigenvalue weighted by Gasteiger charge is -2.24. The Balaban J connectivity index is 1.97. The second-order valence-electron chi connectivity index (χ2n) is 4.50. The number of ether oxygens (including phenoxy) is 1. The topological polar surface area (TPSA) is 76.3 Å². The van der Waals surface area contributed by atoms with Gasteiger partial charge in [-0.25, -0.2) is 9.97 Å². The summed E-state index contributed by atoms with van der Waals surface area (Å²) in [6.45, 7) is 3.04. The summed E-state index contributed by atoms with van der Waals surface area (Å²) < 4.78 is 5.34. The van der Waals surface area contributed by atoms with Gasteiger partial charge in [0.15, 0.2) is 0 Å². The molecule has 3 N–H and O–H groups in total. The number of hydrogen-bond donors (Lipinski definition) is 2. The molecule has 0 amide bonds. The van der Waals surface area contributed by atoms with E-state index in [0.717, 1.165) is 44.2 Å². The van der Waals surface area contributed by atoms with Crippen LogP contribution in [0.15, 0.2) is 12.4 Å². The van der Waals surface area contributed by atoms with E-state index in [2.05, 4.69) is 15.3 Å². The quantitative estimate of drug-likeness (QED) is 0.792. The molecule has 6 nitrogen and oxygen atoms in total. The summed E-state index contributed by atoms with van der Waals surface area (Å²) in [6, 6.07) is 2.41. The zero-order valence-electron chi connectivity index (χ0n) is 10.8. The van der Waals surface area contributed by atoms with Crippen molar-refractivity contribution in [2.45, 2.75) is 18.9 Å². The van der Waals surface area contributed by atoms with Gasteiger partial charge in [-0.05, 0) is 12.8 Å². The van der Waals surface area contributed by atoms with Crippen molar-refractivity contribution >= 4 is 11.6 Å². The van der Waals surface area contributed by atoms with Crippen molar-refractivity contribution in [3.8, 4) is 0 Å². The normalized spacial score (nSPS) is 16.6. The summed E-state index contributed by atoms with van der Waals surface area (Å²) >= 11 is 0. The van der Waals surface area contributed by atoms with E-state index in [0.29, 0.717) is 12.6 Å². The molecule has 0 aromatic carbocycles. The minimum Gasteiger partial charge on any atom is -0.381 e. The van der Waals surface area contributed by atoms with Crippen LogP contribution >= 0.6 is 0 Å². The predicted molar refractivity (Wildman–Crippen MR) is 71.8 cm³/mol. The molecular weight excluding hydrogens is 230 g/mol. The third-order valence-electron chi connectivity index (χ3n) is 3.08. The molecule has 0 bridgehead atoms. The summed E-state index contributed by atoms with van der Waals surface area (Å²) in [5.41, 5.74) is 5.54. The van der Waals surface area contributed by atoms with E-state index in [1.54, 1.807) is 6.33 Å². The van der Waals surface area contributed by atoms with Gasteiger partial charge in [0.05, 0.1) is 0 Å². The molecule has 0 radical (unpaired) electrons. The van der Waals surface area contributed by atoms with E-state index in [1.807, 2.05) is 18.0 Å². The first-order valence-corrected chi connectivity index (χ1v) is 6.37. The number of nitrogens with zero attached hydrogens (tertiary/aromatic N) is 3. The molecule has 0 spiro atoms. The van der Waals surface area contributed by atoms with Gasteiger partial charge in [0.1, 0.15) is 18.0 Å². The second kappa shape index (κ2) is 6.51. The number of rotatable bonds is 5. The fourth-order valence-corrected chi connectivity index (χ4v) is 1.99. The molecule has 1 aliphatic heterocycles. The molecule has 0 saturated carbocycles. The number of nitrogens with two attached hydrogens (primary N) is 1. The van der Waals surface area contributed by atoms with Gasteiger partial charge in [-0.2, -0.15) is 0 Å². The zero-order chi connectivity index (χ0) is 12.8. The molecule has 0 atom stereocenters. The maximum absolute atomic E-state index is 5.54. The van der Waals surface area contributed by atoms with Gasteiger partial charge < -0.3 is 20.7 Å². The van der Waals surface area contributed by atoms with E-state index in [4.69, 9.17) is 10.5 Å². The Morgan fingerprint density at radius 1 is 1.44 bits per heavy atom. The van der Waals surface area contributed by atoms with Crippen LogP contribution in [0.5, 0.6) is 0 Å². The largest absolute Gasteiger partial charge is 0.381 e. The molecule has 1 aromatic heterocycles. The number of anilines is 2. The average molecular weight is 251 g/mol. The van der Waals surface area contributed by atoms with Crippen molar-refractivity contribution < 1.29 is 4.74 Å². The lowest BCUT2D eigenvalue weighted by Crippen LogP contribution is -2.29. The van der Waals surface area contributed by atoms with Crippen molar-refractivity contribution in [1.29, 1.82) is 0 Å². The highest BCUT2D eigenvalue weighted by atomic mass is 16.5. The Morgan fingerprint density at radius 2 is 2.22 bits per heavy atom. The molecule has 0 aliphatic carbocycles. The van der Waals surface area contributed by atoms with Crippen molar-refractivity contribution in [3.63, 3.8) is 0 Å². The molecule has 6 heteroatoms. The highest BCUT2D eigenvalue weighted by Gasteiger charge is 2.14. The Hall–Kier alpha value is -1.40. The molecule has 1 fully saturated rings. The minimum absolute atomic E-state index is 0.446. The van der Waals surface area contributed by atoms with Crippen LogP contribution in [0.3, 0.4) is 0 Å². The van der Waals surface area contributed by atoms with Crippen LogP contribution in [0.2, 0.25) is 0 Å². The fraction of sp³-hybridized carbons (Fsp3) is 0.667. The number of likely N-dealkylation sites (N-methyl/N-ethyl adjacent to an activating group) is 1. The first-order valence-electron chi connectivity index (χ1n) is 6.37. The minimum atomic E-state index is 0.446. The molecule has 1 saturated heterocycles. The Kier molecular flexibility index (Phi) is 4.72. The monoisotopic (exact) mass is 251 g/mol. The standard InChI is InChI=1S/C12H21N5O/c1-17(5-4-13)12-8-11(14-9-15-12)16-10-2-6-18-7-3-10/h8-10H,2-7,13H2,1H3,(H,14,15,16). The molecule has 18 heavy (non-hydrogen) atoms. The molecular formula is C12H21N5O. The zero-order valence-corrected chi connectivity index (χ0v) is 10.8. The Labute approximate surface area is 108 Å². The second-order valence-corrected chi connectivity index (χ2v) is 4.50. The number of nitrogens with one attached hydrogen (secondary N) is 1. The summed E-state index contributed by atoms with van der Waals surface area (Å²) in [6.07, 6.45) is 3.64. The van der Waals surface area contributed by atoms with Crippen LogP contribution in [-0.4, -0.2) is 49.4 Å². The summed E-state index contributed by atoms with van der Waals surface area (Å²) in [5, 5.41) is 3.43. The third kappa shape index (κ3) is 3.54. The summed E-state index contributed by atoms with van der Waals surface area (Å²) in [4.78, 5) is 10.5. The van der Waals surface area contributed by atoms with E-state index in [1.165, 1.54) is 0 Å². The summed E-state index contributed by atoms with van der Waals surface area (Å²) in [5.74, 6) is 1.76. The first-order chi connectivity index (χ1) is 8.79. The SMILES string of the molecule is CN(CCN)c1cc(NC2CCOCC2)ncn1. The van der Waals surface area contributed by atoms with Crippen LogP contribution in [0.1, 0.15) is 12.8 Å². The van der Waals surface area contributed by atoms with E-state index >= 15 is 0 Å². The molecule has 1 aliphatic rings. The predicted octanol–water partition coefficient (Wildman–Crippen LogP) is 0.462. The van der Waals surface area contributed by atoms with Crippen LogP contribution in [0.25, 0.3) is 0 Å².